The van der Waals surface area contributed by atoms with Crippen LogP contribution in [0.5, 0.6) is 0 Å². The Morgan fingerprint density at radius 3 is 2.58 bits per heavy atom. The molecule has 0 N–H and O–H groups in total. The van der Waals surface area contributed by atoms with Crippen molar-refractivity contribution in [2.45, 2.75) is 0 Å². The average molecular weight is 243 g/mol. The molecule has 0 fully saturated rings. The molecule has 1 heterocycles. The lowest BCUT2D eigenvalue weighted by Crippen LogP contribution is -2.16. The lowest BCUT2D eigenvalue weighted by atomic mass is 9.87. The molecule has 2 nitrogen and oxygen atoms in total. The Hall–Kier alpha value is -2.42. The first kappa shape index (κ1) is 11.7. The molecule has 0 aliphatic heterocycles. The van der Waals surface area contributed by atoms with Crippen molar-refractivity contribution >= 4 is 30.0 Å². The van der Waals surface area contributed by atoms with Gasteiger partial charge < -0.3 is 0 Å². The number of hydrogen-bond acceptors (Lipinski definition) is 2. The van der Waals surface area contributed by atoms with E-state index < -0.39 is 0 Å². The van der Waals surface area contributed by atoms with Gasteiger partial charge >= 0.3 is 0 Å². The molecule has 0 unspecified atom stereocenters. The standard InChI is InChI=1S/C16H10BNO/c17-14-7-3-2-6-13(14)16(19)12-9-11-5-1-4-8-15(11)18-10-12/h1-10H. The maximum atomic E-state index is 12.4. The van der Waals surface area contributed by atoms with Gasteiger partial charge in [0.05, 0.1) is 5.52 Å². The molecule has 3 aromatic rings. The summed E-state index contributed by atoms with van der Waals surface area (Å²) in [6, 6.07) is 16.6. The summed E-state index contributed by atoms with van der Waals surface area (Å²) in [7, 11) is 5.83. The molecule has 0 spiro atoms. The first-order valence-electron chi connectivity index (χ1n) is 6.00. The third-order valence-corrected chi connectivity index (χ3v) is 3.06. The second-order valence-electron chi connectivity index (χ2n) is 4.33. The molecule has 2 radical (unpaired) electrons. The molecule has 3 rings (SSSR count). The molecule has 0 aliphatic rings. The topological polar surface area (TPSA) is 30.0 Å². The van der Waals surface area contributed by atoms with Crippen LogP contribution in [0, 0.1) is 0 Å². The second kappa shape index (κ2) is 4.69. The molecule has 3 heteroatoms. The van der Waals surface area contributed by atoms with Gasteiger partial charge in [-0.1, -0.05) is 47.9 Å². The lowest BCUT2D eigenvalue weighted by molar-refractivity contribution is 0.103. The number of carbonyl (C=O) groups excluding carboxylic acids is 1. The van der Waals surface area contributed by atoms with Gasteiger partial charge in [0.15, 0.2) is 5.78 Å². The highest BCUT2D eigenvalue weighted by Gasteiger charge is 2.11. The minimum Gasteiger partial charge on any atom is -0.289 e. The number of fused-ring (bicyclic) bond motifs is 1. The largest absolute Gasteiger partial charge is 0.289 e. The Bertz CT molecular complexity index is 767. The van der Waals surface area contributed by atoms with Crippen LogP contribution in [0.3, 0.4) is 0 Å². The summed E-state index contributed by atoms with van der Waals surface area (Å²) in [5.41, 5.74) is 2.43. The molecule has 0 saturated heterocycles. The highest BCUT2D eigenvalue weighted by molar-refractivity contribution is 6.37. The fraction of sp³-hybridized carbons (Fsp3) is 0. The van der Waals surface area contributed by atoms with Crippen LogP contribution in [0.4, 0.5) is 0 Å². The summed E-state index contributed by atoms with van der Waals surface area (Å²) >= 11 is 0. The minimum absolute atomic E-state index is 0.101. The van der Waals surface area contributed by atoms with Crippen molar-refractivity contribution in [3.8, 4) is 0 Å². The van der Waals surface area contributed by atoms with Crippen molar-refractivity contribution in [2.75, 3.05) is 0 Å². The van der Waals surface area contributed by atoms with Crippen LogP contribution in [-0.4, -0.2) is 18.6 Å². The first-order chi connectivity index (χ1) is 9.25. The van der Waals surface area contributed by atoms with Gasteiger partial charge in [-0.2, -0.15) is 0 Å². The zero-order valence-electron chi connectivity index (χ0n) is 10.2. The summed E-state index contributed by atoms with van der Waals surface area (Å²) in [5.74, 6) is -0.101. The van der Waals surface area contributed by atoms with E-state index in [1.54, 1.807) is 24.4 Å². The van der Waals surface area contributed by atoms with Crippen LogP contribution in [0.15, 0.2) is 60.8 Å². The third kappa shape index (κ3) is 2.15. The molecule has 2 aromatic carbocycles. The SMILES string of the molecule is [B]c1ccccc1C(=O)c1cnc2ccccc2c1. The van der Waals surface area contributed by atoms with Crippen LogP contribution in [0.25, 0.3) is 10.9 Å². The molecule has 1 aromatic heterocycles. The zero-order valence-corrected chi connectivity index (χ0v) is 10.2. The molecule has 19 heavy (non-hydrogen) atoms. The van der Waals surface area contributed by atoms with E-state index in [9.17, 15) is 4.79 Å². The monoisotopic (exact) mass is 243 g/mol. The van der Waals surface area contributed by atoms with Crippen LogP contribution >= 0.6 is 0 Å². The number of nitrogens with zero attached hydrogens (tertiary/aromatic N) is 1. The number of aromatic nitrogens is 1. The molecule has 88 valence electrons. The summed E-state index contributed by atoms with van der Waals surface area (Å²) in [4.78, 5) is 16.7. The van der Waals surface area contributed by atoms with Gasteiger partial charge in [0.1, 0.15) is 7.85 Å². The number of ketones is 1. The fourth-order valence-electron chi connectivity index (χ4n) is 2.05. The van der Waals surface area contributed by atoms with Gasteiger partial charge in [-0.05, 0) is 12.1 Å². The Morgan fingerprint density at radius 2 is 1.74 bits per heavy atom. The minimum atomic E-state index is -0.101. The van der Waals surface area contributed by atoms with E-state index in [0.717, 1.165) is 10.9 Å². The highest BCUT2D eigenvalue weighted by atomic mass is 16.1. The normalized spacial score (nSPS) is 10.5. The fourth-order valence-corrected chi connectivity index (χ4v) is 2.05. The third-order valence-electron chi connectivity index (χ3n) is 3.06. The van der Waals surface area contributed by atoms with Crippen molar-refractivity contribution in [3.05, 3.63) is 71.9 Å². The van der Waals surface area contributed by atoms with E-state index in [-0.39, 0.29) is 5.78 Å². The Kier molecular flexibility index (Phi) is 2.88. The van der Waals surface area contributed by atoms with Gasteiger partial charge in [-0.3, -0.25) is 9.78 Å². The molecular weight excluding hydrogens is 233 g/mol. The maximum Gasteiger partial charge on any atom is 0.193 e. The summed E-state index contributed by atoms with van der Waals surface area (Å²) in [6.45, 7) is 0. The van der Waals surface area contributed by atoms with Gasteiger partial charge in [-0.15, -0.1) is 0 Å². The summed E-state index contributed by atoms with van der Waals surface area (Å²) in [6.07, 6.45) is 1.59. The van der Waals surface area contributed by atoms with E-state index in [1.165, 1.54) is 0 Å². The molecule has 0 amide bonds. The predicted molar refractivity (Wildman–Crippen MR) is 77.0 cm³/mol. The average Bonchev–Trinajstić information content (AvgIpc) is 2.46. The Morgan fingerprint density at radius 1 is 1.00 bits per heavy atom. The van der Waals surface area contributed by atoms with Crippen LogP contribution < -0.4 is 5.46 Å². The summed E-state index contributed by atoms with van der Waals surface area (Å²) < 4.78 is 0. The molecule has 0 saturated carbocycles. The van der Waals surface area contributed by atoms with Crippen LogP contribution in [0.1, 0.15) is 15.9 Å². The van der Waals surface area contributed by atoms with Crippen LogP contribution in [-0.2, 0) is 0 Å². The maximum absolute atomic E-state index is 12.4. The predicted octanol–water partition coefficient (Wildman–Crippen LogP) is 2.26. The number of para-hydroxylation sites is 1. The van der Waals surface area contributed by atoms with Gasteiger partial charge in [-0.25, -0.2) is 0 Å². The van der Waals surface area contributed by atoms with Crippen molar-refractivity contribution in [1.82, 2.24) is 4.98 Å². The molecule has 0 aliphatic carbocycles. The zero-order chi connectivity index (χ0) is 13.2. The van der Waals surface area contributed by atoms with E-state index in [0.29, 0.717) is 16.6 Å². The molecule has 0 atom stereocenters. The van der Waals surface area contributed by atoms with E-state index in [4.69, 9.17) is 7.85 Å². The van der Waals surface area contributed by atoms with E-state index in [1.807, 2.05) is 36.4 Å². The lowest BCUT2D eigenvalue weighted by Gasteiger charge is -2.05. The molecular formula is C16H10BNO. The second-order valence-corrected chi connectivity index (χ2v) is 4.33. The van der Waals surface area contributed by atoms with Crippen molar-refractivity contribution < 1.29 is 4.79 Å². The van der Waals surface area contributed by atoms with Crippen molar-refractivity contribution in [3.63, 3.8) is 0 Å². The number of hydrogen-bond donors (Lipinski definition) is 0. The van der Waals surface area contributed by atoms with E-state index in [2.05, 4.69) is 4.98 Å². The quantitative estimate of drug-likeness (QED) is 0.510. The number of carbonyl (C=O) groups is 1. The van der Waals surface area contributed by atoms with Gasteiger partial charge in [0.2, 0.25) is 0 Å². The number of pyridine rings is 1. The Balaban J connectivity index is 2.09. The number of benzene rings is 2. The molecule has 0 bridgehead atoms. The summed E-state index contributed by atoms with van der Waals surface area (Å²) in [5, 5.41) is 0.947. The highest BCUT2D eigenvalue weighted by Crippen LogP contribution is 2.15. The smallest absolute Gasteiger partial charge is 0.193 e. The van der Waals surface area contributed by atoms with Gasteiger partial charge in [0.25, 0.3) is 0 Å². The van der Waals surface area contributed by atoms with E-state index >= 15 is 0 Å². The first-order valence-corrected chi connectivity index (χ1v) is 6.00. The van der Waals surface area contributed by atoms with Crippen molar-refractivity contribution in [1.29, 1.82) is 0 Å². The van der Waals surface area contributed by atoms with Crippen LogP contribution in [0.2, 0.25) is 0 Å². The Labute approximate surface area is 112 Å². The van der Waals surface area contributed by atoms with Crippen molar-refractivity contribution in [2.24, 2.45) is 0 Å². The van der Waals surface area contributed by atoms with Gasteiger partial charge in [0, 0.05) is 22.7 Å². The number of rotatable bonds is 2.